The molecular weight excluding hydrogens is 354 g/mol. The number of aromatic nitrogens is 1. The highest BCUT2D eigenvalue weighted by atomic mass is 32.2. The molecule has 0 fully saturated rings. The molecule has 0 amide bonds. The van der Waals surface area contributed by atoms with E-state index in [1.807, 2.05) is 0 Å². The Morgan fingerprint density at radius 1 is 1.46 bits per heavy atom. The van der Waals surface area contributed by atoms with Crippen molar-refractivity contribution in [1.29, 1.82) is 0 Å². The lowest BCUT2D eigenvalue weighted by atomic mass is 10.1. The molecule has 3 N–H and O–H groups in total. The number of nitrogens with zero attached hydrogens (tertiary/aromatic N) is 1. The van der Waals surface area contributed by atoms with Gasteiger partial charge in [0.1, 0.15) is 0 Å². The molecule has 10 heteroatoms. The molecule has 0 aromatic carbocycles. The topological polar surface area (TPSA) is 118 Å². The van der Waals surface area contributed by atoms with Crippen LogP contribution in [0.3, 0.4) is 0 Å². The molecule has 2 aromatic rings. The number of thiophene rings is 1. The summed E-state index contributed by atoms with van der Waals surface area (Å²) >= 11 is 0.985. The summed E-state index contributed by atoms with van der Waals surface area (Å²) in [6, 6.07) is 3.01. The van der Waals surface area contributed by atoms with Gasteiger partial charge in [-0.1, -0.05) is 0 Å². The summed E-state index contributed by atoms with van der Waals surface area (Å²) in [7, 11) is -2.57. The van der Waals surface area contributed by atoms with E-state index in [-0.39, 0.29) is 15.5 Å². The number of aromatic carboxylic acids is 1. The highest BCUT2D eigenvalue weighted by Gasteiger charge is 2.32. The van der Waals surface area contributed by atoms with Gasteiger partial charge in [0.25, 0.3) is 10.0 Å². The van der Waals surface area contributed by atoms with Crippen LogP contribution in [0.15, 0.2) is 22.5 Å². The molecule has 0 saturated heterocycles. The maximum Gasteiger partial charge on any atom is 0.338 e. The van der Waals surface area contributed by atoms with E-state index in [9.17, 15) is 18.3 Å². The van der Waals surface area contributed by atoms with Crippen molar-refractivity contribution in [3.8, 4) is 5.88 Å². The number of carboxylic acids is 1. The third-order valence-corrected chi connectivity index (χ3v) is 6.68. The van der Waals surface area contributed by atoms with Gasteiger partial charge in [0.15, 0.2) is 4.21 Å². The number of rotatable bonds is 5. The van der Waals surface area contributed by atoms with Crippen molar-refractivity contribution in [3.63, 3.8) is 0 Å². The second kappa shape index (κ2) is 6.38. The molecule has 2 aromatic heterocycles. The first-order valence-corrected chi connectivity index (χ1v) is 9.33. The van der Waals surface area contributed by atoms with Crippen LogP contribution in [0.25, 0.3) is 0 Å². The van der Waals surface area contributed by atoms with Crippen LogP contribution in [0.5, 0.6) is 5.88 Å². The van der Waals surface area contributed by atoms with E-state index >= 15 is 0 Å². The fraction of sp³-hybridized carbons (Fsp3) is 0.286. The SMILES string of the molecule is COc1ccc(NS(=O)(=O)c2sc3c(c2C(=O)O)CCNC3)cn1. The Hall–Kier alpha value is -2.17. The van der Waals surface area contributed by atoms with Crippen LogP contribution in [0.1, 0.15) is 20.8 Å². The standard InChI is InChI=1S/C14H15N3O5S2/c1-22-11-3-2-8(6-16-11)17-24(20,21)14-12(13(18)19)9-4-5-15-7-10(9)23-14/h2-3,6,15,17H,4-5,7H2,1H3,(H,18,19). The number of nitrogens with one attached hydrogen (secondary N) is 2. The first-order valence-electron chi connectivity index (χ1n) is 7.04. The smallest absolute Gasteiger partial charge is 0.338 e. The van der Waals surface area contributed by atoms with E-state index in [2.05, 4.69) is 15.0 Å². The van der Waals surface area contributed by atoms with Crippen LogP contribution >= 0.6 is 11.3 Å². The van der Waals surface area contributed by atoms with Gasteiger partial charge < -0.3 is 15.2 Å². The number of hydrogen-bond donors (Lipinski definition) is 3. The Labute approximate surface area is 142 Å². The van der Waals surface area contributed by atoms with Gasteiger partial charge in [-0.25, -0.2) is 18.2 Å². The number of fused-ring (bicyclic) bond motifs is 1. The molecule has 0 atom stereocenters. The van der Waals surface area contributed by atoms with E-state index in [1.54, 1.807) is 0 Å². The Balaban J connectivity index is 1.99. The van der Waals surface area contributed by atoms with E-state index in [1.165, 1.54) is 25.4 Å². The molecule has 1 aliphatic rings. The highest BCUT2D eigenvalue weighted by Crippen LogP contribution is 2.35. The van der Waals surface area contributed by atoms with Crippen LogP contribution in [-0.2, 0) is 23.0 Å². The van der Waals surface area contributed by atoms with Gasteiger partial charge in [0, 0.05) is 17.5 Å². The zero-order chi connectivity index (χ0) is 17.3. The highest BCUT2D eigenvalue weighted by molar-refractivity contribution is 7.94. The summed E-state index contributed by atoms with van der Waals surface area (Å²) in [4.78, 5) is 16.3. The first kappa shape index (κ1) is 16.7. The minimum atomic E-state index is -4.02. The van der Waals surface area contributed by atoms with Crippen molar-refractivity contribution in [2.24, 2.45) is 0 Å². The van der Waals surface area contributed by atoms with Crippen LogP contribution < -0.4 is 14.8 Å². The van der Waals surface area contributed by atoms with E-state index in [0.717, 1.165) is 16.2 Å². The van der Waals surface area contributed by atoms with E-state index < -0.39 is 16.0 Å². The summed E-state index contributed by atoms with van der Waals surface area (Å²) in [5.41, 5.74) is 0.696. The summed E-state index contributed by atoms with van der Waals surface area (Å²) < 4.78 is 32.4. The van der Waals surface area contributed by atoms with Crippen LogP contribution in [0.4, 0.5) is 5.69 Å². The number of pyridine rings is 1. The van der Waals surface area contributed by atoms with Crippen LogP contribution in [0.2, 0.25) is 0 Å². The van der Waals surface area contributed by atoms with Gasteiger partial charge >= 0.3 is 5.97 Å². The Morgan fingerprint density at radius 3 is 2.88 bits per heavy atom. The zero-order valence-electron chi connectivity index (χ0n) is 12.7. The summed E-state index contributed by atoms with van der Waals surface area (Å²) in [6.07, 6.45) is 1.80. The fourth-order valence-corrected chi connectivity index (χ4v) is 5.38. The molecule has 0 spiro atoms. The third kappa shape index (κ3) is 3.07. The third-order valence-electron chi connectivity index (χ3n) is 3.55. The Morgan fingerprint density at radius 2 is 2.25 bits per heavy atom. The number of anilines is 1. The number of hydrogen-bond acceptors (Lipinski definition) is 7. The summed E-state index contributed by atoms with van der Waals surface area (Å²) in [6.45, 7) is 1.10. The quantitative estimate of drug-likeness (QED) is 0.727. The molecule has 3 heterocycles. The molecule has 8 nitrogen and oxygen atoms in total. The monoisotopic (exact) mass is 369 g/mol. The molecule has 3 rings (SSSR count). The molecule has 0 radical (unpaired) electrons. The van der Waals surface area contributed by atoms with Crippen molar-refractivity contribution >= 4 is 33.0 Å². The van der Waals surface area contributed by atoms with Gasteiger partial charge in [-0.05, 0) is 24.6 Å². The number of carboxylic acid groups (broad SMARTS) is 1. The largest absolute Gasteiger partial charge is 0.481 e. The molecule has 0 unspecified atom stereocenters. The lowest BCUT2D eigenvalue weighted by molar-refractivity contribution is 0.0692. The number of carbonyl (C=O) groups is 1. The van der Waals surface area contributed by atoms with Gasteiger partial charge in [0.05, 0.1) is 24.6 Å². The second-order valence-corrected chi connectivity index (χ2v) is 8.08. The van der Waals surface area contributed by atoms with Crippen molar-refractivity contribution in [3.05, 3.63) is 34.3 Å². The van der Waals surface area contributed by atoms with Crippen LogP contribution in [-0.4, -0.2) is 38.1 Å². The van der Waals surface area contributed by atoms with Crippen molar-refractivity contribution in [2.75, 3.05) is 18.4 Å². The van der Waals surface area contributed by atoms with Gasteiger partial charge in [-0.2, -0.15) is 0 Å². The molecule has 0 bridgehead atoms. The number of sulfonamides is 1. The lowest BCUT2D eigenvalue weighted by Gasteiger charge is -2.12. The predicted octanol–water partition coefficient (Wildman–Crippen LogP) is 1.30. The molecule has 128 valence electrons. The van der Waals surface area contributed by atoms with Crippen molar-refractivity contribution in [1.82, 2.24) is 10.3 Å². The van der Waals surface area contributed by atoms with Gasteiger partial charge in [0.2, 0.25) is 5.88 Å². The number of ether oxygens (including phenoxy) is 1. The fourth-order valence-electron chi connectivity index (χ4n) is 2.48. The van der Waals surface area contributed by atoms with Crippen molar-refractivity contribution in [2.45, 2.75) is 17.2 Å². The molecule has 24 heavy (non-hydrogen) atoms. The van der Waals surface area contributed by atoms with E-state index in [4.69, 9.17) is 4.74 Å². The maximum atomic E-state index is 12.7. The Kier molecular flexibility index (Phi) is 4.43. The van der Waals surface area contributed by atoms with Gasteiger partial charge in [-0.3, -0.25) is 4.72 Å². The normalized spacial score (nSPS) is 14.0. The number of methoxy groups -OCH3 is 1. The maximum absolute atomic E-state index is 12.7. The average Bonchev–Trinajstić information content (AvgIpc) is 2.96. The molecule has 0 aliphatic carbocycles. The summed E-state index contributed by atoms with van der Waals surface area (Å²) in [5, 5.41) is 12.6. The predicted molar refractivity (Wildman–Crippen MR) is 88.3 cm³/mol. The van der Waals surface area contributed by atoms with E-state index in [0.29, 0.717) is 31.0 Å². The summed E-state index contributed by atoms with van der Waals surface area (Å²) in [5.74, 6) is -0.885. The minimum absolute atomic E-state index is 0.134. The van der Waals surface area contributed by atoms with Gasteiger partial charge in [-0.15, -0.1) is 11.3 Å². The van der Waals surface area contributed by atoms with Crippen LogP contribution in [0, 0.1) is 0 Å². The molecular formula is C14H15N3O5S2. The Bertz CT molecular complexity index is 875. The first-order chi connectivity index (χ1) is 11.4. The second-order valence-electron chi connectivity index (χ2n) is 5.09. The average molecular weight is 369 g/mol. The molecule has 0 saturated carbocycles. The zero-order valence-corrected chi connectivity index (χ0v) is 14.3. The van der Waals surface area contributed by atoms with Crippen molar-refractivity contribution < 1.29 is 23.1 Å². The minimum Gasteiger partial charge on any atom is -0.481 e. The lowest BCUT2D eigenvalue weighted by Crippen LogP contribution is -2.23. The molecule has 1 aliphatic heterocycles.